The summed E-state index contributed by atoms with van der Waals surface area (Å²) in [7, 11) is 0. The van der Waals surface area contributed by atoms with E-state index in [4.69, 9.17) is 0 Å². The Kier molecular flexibility index (Phi) is 9.16. The van der Waals surface area contributed by atoms with E-state index in [-0.39, 0.29) is 24.6 Å². The third-order valence-corrected chi connectivity index (χ3v) is 7.63. The molecular weight excluding hydrogens is 518 g/mol. The first-order valence-electron chi connectivity index (χ1n) is 13.1. The number of aryl methyl sites for hydroxylation is 1. The fourth-order valence-corrected chi connectivity index (χ4v) is 5.80. The van der Waals surface area contributed by atoms with Crippen molar-refractivity contribution in [2.45, 2.75) is 32.1 Å². The fraction of sp³-hybridized carbons (Fsp3) is 0.312. The highest BCUT2D eigenvalue weighted by atomic mass is 35.5. The first-order valence-corrected chi connectivity index (χ1v) is 13.1. The van der Waals surface area contributed by atoms with Crippen LogP contribution in [0.1, 0.15) is 63.0 Å². The second-order valence-corrected chi connectivity index (χ2v) is 10.3. The minimum absolute atomic E-state index is 0. The van der Waals surface area contributed by atoms with Crippen molar-refractivity contribution in [3.05, 3.63) is 105 Å². The standard InChI is InChI=1S/C32H30F2N2O2.ClH/c33-13-2-14-36-19-22(20-36)15-21-5-7-23(8-6-21)31-29-11-9-25(32(37)38)16-24(29)3-1-4-30(31)28-12-10-27(34)17-26(28)18-35;/h5-12,16-17,22H,1-4,13-15,19-20H2,(H,37,38);1H. The molecule has 7 heteroatoms. The van der Waals surface area contributed by atoms with Crippen LogP contribution in [0.2, 0.25) is 0 Å². The number of allylic oxidation sites excluding steroid dienone is 1. The molecule has 1 saturated heterocycles. The van der Waals surface area contributed by atoms with Crippen molar-refractivity contribution in [3.63, 3.8) is 0 Å². The van der Waals surface area contributed by atoms with Gasteiger partial charge < -0.3 is 10.0 Å². The Morgan fingerprint density at radius 1 is 1.03 bits per heavy atom. The molecule has 0 saturated carbocycles. The summed E-state index contributed by atoms with van der Waals surface area (Å²) in [4.78, 5) is 13.9. The lowest BCUT2D eigenvalue weighted by atomic mass is 9.85. The number of alkyl halides is 1. The number of nitrogens with zero attached hydrogens (tertiary/aromatic N) is 2. The lowest BCUT2D eigenvalue weighted by molar-refractivity contribution is 0.0696. The molecule has 3 aromatic rings. The molecule has 0 atom stereocenters. The van der Waals surface area contributed by atoms with Gasteiger partial charge >= 0.3 is 5.97 Å². The molecule has 0 radical (unpaired) electrons. The summed E-state index contributed by atoms with van der Waals surface area (Å²) in [6.45, 7) is 2.55. The molecule has 0 aromatic heterocycles. The number of aromatic carboxylic acids is 1. The highest BCUT2D eigenvalue weighted by Crippen LogP contribution is 2.41. The minimum Gasteiger partial charge on any atom is -0.478 e. The van der Waals surface area contributed by atoms with Crippen LogP contribution in [0.5, 0.6) is 0 Å². The average molecular weight is 549 g/mol. The average Bonchev–Trinajstić information content (AvgIpc) is 3.09. The normalized spacial score (nSPS) is 15.5. The number of carboxylic acid groups (broad SMARTS) is 1. The van der Waals surface area contributed by atoms with Crippen LogP contribution < -0.4 is 0 Å². The van der Waals surface area contributed by atoms with Gasteiger partial charge in [-0.05, 0) is 101 Å². The van der Waals surface area contributed by atoms with E-state index in [1.54, 1.807) is 18.2 Å². The van der Waals surface area contributed by atoms with E-state index in [1.807, 2.05) is 6.07 Å². The van der Waals surface area contributed by atoms with E-state index in [9.17, 15) is 23.9 Å². The van der Waals surface area contributed by atoms with Gasteiger partial charge in [0, 0.05) is 19.6 Å². The number of halogens is 3. The summed E-state index contributed by atoms with van der Waals surface area (Å²) in [6, 6.07) is 20.2. The number of fused-ring (bicyclic) bond motifs is 1. The number of hydrogen-bond donors (Lipinski definition) is 1. The number of carbonyl (C=O) groups is 1. The van der Waals surface area contributed by atoms with Crippen LogP contribution in [-0.2, 0) is 12.8 Å². The van der Waals surface area contributed by atoms with Crippen LogP contribution in [0.25, 0.3) is 11.1 Å². The van der Waals surface area contributed by atoms with Gasteiger partial charge in [0.25, 0.3) is 0 Å². The number of nitriles is 1. The first-order chi connectivity index (χ1) is 18.5. The van der Waals surface area contributed by atoms with Gasteiger partial charge in [0.1, 0.15) is 5.82 Å². The van der Waals surface area contributed by atoms with Gasteiger partial charge in [0.2, 0.25) is 0 Å². The molecule has 0 spiro atoms. The third kappa shape index (κ3) is 6.21. The molecular formula is C32H31ClF2N2O2. The van der Waals surface area contributed by atoms with E-state index >= 15 is 0 Å². The zero-order valence-electron chi connectivity index (χ0n) is 21.6. The molecule has 1 heterocycles. The lowest BCUT2D eigenvalue weighted by Crippen LogP contribution is -2.47. The summed E-state index contributed by atoms with van der Waals surface area (Å²) in [6.07, 6.45) is 3.75. The molecule has 39 heavy (non-hydrogen) atoms. The second kappa shape index (κ2) is 12.5. The molecule has 1 aliphatic carbocycles. The van der Waals surface area contributed by atoms with Crippen LogP contribution in [-0.4, -0.2) is 42.3 Å². The summed E-state index contributed by atoms with van der Waals surface area (Å²) >= 11 is 0. The monoisotopic (exact) mass is 548 g/mol. The van der Waals surface area contributed by atoms with E-state index in [1.165, 1.54) is 17.7 Å². The minimum atomic E-state index is -0.961. The van der Waals surface area contributed by atoms with Crippen LogP contribution in [0.4, 0.5) is 8.78 Å². The molecule has 0 amide bonds. The maximum absolute atomic E-state index is 14.0. The van der Waals surface area contributed by atoms with E-state index < -0.39 is 11.8 Å². The van der Waals surface area contributed by atoms with Crippen molar-refractivity contribution in [2.24, 2.45) is 5.92 Å². The number of benzene rings is 3. The van der Waals surface area contributed by atoms with Crippen LogP contribution in [0, 0.1) is 23.1 Å². The fourth-order valence-electron chi connectivity index (χ4n) is 5.80. The predicted molar refractivity (Wildman–Crippen MR) is 151 cm³/mol. The Hall–Kier alpha value is -3.53. The Labute approximate surface area is 234 Å². The molecule has 0 bridgehead atoms. The van der Waals surface area contributed by atoms with E-state index in [2.05, 4.69) is 35.2 Å². The largest absolute Gasteiger partial charge is 0.478 e. The number of carboxylic acids is 1. The molecule has 1 aliphatic heterocycles. The maximum Gasteiger partial charge on any atom is 0.335 e. The molecule has 5 rings (SSSR count). The van der Waals surface area contributed by atoms with Gasteiger partial charge in [0.05, 0.1) is 23.9 Å². The summed E-state index contributed by atoms with van der Waals surface area (Å²) in [5, 5.41) is 19.3. The Balaban J connectivity index is 0.00000353. The van der Waals surface area contributed by atoms with E-state index in [0.717, 1.165) is 60.3 Å². The molecule has 4 nitrogen and oxygen atoms in total. The van der Waals surface area contributed by atoms with E-state index in [0.29, 0.717) is 36.3 Å². The van der Waals surface area contributed by atoms with Gasteiger partial charge in [0.15, 0.2) is 0 Å². The second-order valence-electron chi connectivity index (χ2n) is 10.3. The van der Waals surface area contributed by atoms with Crippen molar-refractivity contribution in [2.75, 3.05) is 26.3 Å². The summed E-state index contributed by atoms with van der Waals surface area (Å²) in [5.41, 5.74) is 7.33. The third-order valence-electron chi connectivity index (χ3n) is 7.63. The van der Waals surface area contributed by atoms with Gasteiger partial charge in [-0.1, -0.05) is 36.4 Å². The molecule has 202 valence electrons. The number of rotatable bonds is 8. The topological polar surface area (TPSA) is 64.3 Å². The summed E-state index contributed by atoms with van der Waals surface area (Å²) < 4.78 is 26.4. The van der Waals surface area contributed by atoms with Gasteiger partial charge in [-0.25, -0.2) is 9.18 Å². The Morgan fingerprint density at radius 3 is 2.46 bits per heavy atom. The number of hydrogen-bond acceptors (Lipinski definition) is 3. The van der Waals surface area contributed by atoms with Crippen LogP contribution in [0.15, 0.2) is 60.7 Å². The zero-order valence-corrected chi connectivity index (χ0v) is 22.4. The molecule has 3 aromatic carbocycles. The first kappa shape index (κ1) is 28.5. The van der Waals surface area contributed by atoms with Gasteiger partial charge in [-0.15, -0.1) is 12.4 Å². The predicted octanol–water partition coefficient (Wildman–Crippen LogP) is 6.95. The van der Waals surface area contributed by atoms with Crippen molar-refractivity contribution in [1.82, 2.24) is 4.90 Å². The quantitative estimate of drug-likeness (QED) is 0.331. The van der Waals surface area contributed by atoms with Crippen molar-refractivity contribution < 1.29 is 18.7 Å². The molecule has 0 unspecified atom stereocenters. The number of likely N-dealkylation sites (tertiary alicyclic amines) is 1. The maximum atomic E-state index is 14.0. The van der Waals surface area contributed by atoms with Crippen LogP contribution in [0.3, 0.4) is 0 Å². The van der Waals surface area contributed by atoms with Crippen molar-refractivity contribution in [3.8, 4) is 6.07 Å². The van der Waals surface area contributed by atoms with Crippen molar-refractivity contribution >= 4 is 29.5 Å². The molecule has 1 fully saturated rings. The Morgan fingerprint density at radius 2 is 1.77 bits per heavy atom. The highest BCUT2D eigenvalue weighted by Gasteiger charge is 2.27. The summed E-state index contributed by atoms with van der Waals surface area (Å²) in [5.74, 6) is -0.839. The zero-order chi connectivity index (χ0) is 26.6. The van der Waals surface area contributed by atoms with Gasteiger partial charge in [-0.2, -0.15) is 5.26 Å². The smallest absolute Gasteiger partial charge is 0.335 e. The SMILES string of the molecule is Cl.N#Cc1cc(F)ccc1C1=C(c2ccc(CC3CN(CCCF)C3)cc2)c2ccc(C(=O)O)cc2CCC1. The van der Waals surface area contributed by atoms with Crippen molar-refractivity contribution in [1.29, 1.82) is 5.26 Å². The Bertz CT molecular complexity index is 1420. The van der Waals surface area contributed by atoms with Gasteiger partial charge in [-0.3, -0.25) is 4.39 Å². The highest BCUT2D eigenvalue weighted by molar-refractivity contribution is 6.01. The lowest BCUT2D eigenvalue weighted by Gasteiger charge is -2.39. The molecule has 2 aliphatic rings. The molecule has 1 N–H and O–H groups in total. The van der Waals surface area contributed by atoms with Crippen LogP contribution >= 0.6 is 12.4 Å².